The van der Waals surface area contributed by atoms with Crippen LogP contribution in [0, 0.1) is 0 Å². The Kier molecular flexibility index (Phi) is 53.4. The molecule has 0 radical (unpaired) electrons. The lowest BCUT2D eigenvalue weighted by Gasteiger charge is -2.18. The van der Waals surface area contributed by atoms with Gasteiger partial charge in [-0.1, -0.05) is 241 Å². The van der Waals surface area contributed by atoms with E-state index in [2.05, 4.69) is 106 Å². The van der Waals surface area contributed by atoms with E-state index in [1.807, 2.05) is 0 Å². The first-order valence-electron chi connectivity index (χ1n) is 28.6. The zero-order valence-corrected chi connectivity index (χ0v) is 44.6. The van der Waals surface area contributed by atoms with E-state index in [-0.39, 0.29) is 31.1 Å². The minimum absolute atomic E-state index is 0.0941. The van der Waals surface area contributed by atoms with Crippen LogP contribution in [0.3, 0.4) is 0 Å². The van der Waals surface area contributed by atoms with Gasteiger partial charge in [0.05, 0.1) is 0 Å². The van der Waals surface area contributed by atoms with Crippen molar-refractivity contribution >= 4 is 17.9 Å². The van der Waals surface area contributed by atoms with E-state index < -0.39 is 6.10 Å². The van der Waals surface area contributed by atoms with E-state index >= 15 is 0 Å². The van der Waals surface area contributed by atoms with Crippen LogP contribution < -0.4 is 0 Å². The maximum absolute atomic E-state index is 12.9. The van der Waals surface area contributed by atoms with Crippen LogP contribution in [0.4, 0.5) is 0 Å². The molecule has 0 saturated carbocycles. The molecule has 1 atom stereocenters. The number of hydrogen-bond donors (Lipinski definition) is 0. The third-order valence-electron chi connectivity index (χ3n) is 12.2. The van der Waals surface area contributed by atoms with E-state index in [0.717, 1.165) is 122 Å². The molecule has 0 aromatic rings. The number of carbonyl (C=O) groups excluding carboxylic acids is 3. The van der Waals surface area contributed by atoms with Gasteiger partial charge in [-0.15, -0.1) is 0 Å². The predicted molar refractivity (Wildman–Crippen MR) is 293 cm³/mol. The van der Waals surface area contributed by atoms with Crippen molar-refractivity contribution in [2.24, 2.45) is 0 Å². The third-order valence-corrected chi connectivity index (χ3v) is 12.2. The maximum Gasteiger partial charge on any atom is 0.306 e. The van der Waals surface area contributed by atoms with Gasteiger partial charge in [-0.25, -0.2) is 0 Å². The first kappa shape index (κ1) is 64.6. The van der Waals surface area contributed by atoms with Gasteiger partial charge in [0.25, 0.3) is 0 Å². The van der Waals surface area contributed by atoms with Crippen molar-refractivity contribution < 1.29 is 28.6 Å². The molecule has 0 aromatic heterocycles. The second-order valence-electron chi connectivity index (χ2n) is 18.9. The molecule has 1 unspecified atom stereocenters. The summed E-state index contributed by atoms with van der Waals surface area (Å²) in [6, 6.07) is 0. The number of rotatable bonds is 51. The highest BCUT2D eigenvalue weighted by Crippen LogP contribution is 2.14. The van der Waals surface area contributed by atoms with Crippen LogP contribution in [0.1, 0.15) is 271 Å². The van der Waals surface area contributed by atoms with Crippen molar-refractivity contribution in [3.8, 4) is 0 Å². The number of hydrogen-bond acceptors (Lipinski definition) is 6. The molecule has 6 heteroatoms. The largest absolute Gasteiger partial charge is 0.462 e. The average molecular weight is 948 g/mol. The van der Waals surface area contributed by atoms with E-state index in [1.165, 1.54) is 109 Å². The summed E-state index contributed by atoms with van der Waals surface area (Å²) < 4.78 is 16.8. The lowest BCUT2D eigenvalue weighted by molar-refractivity contribution is -0.167. The maximum atomic E-state index is 12.9. The summed E-state index contributed by atoms with van der Waals surface area (Å²) >= 11 is 0. The monoisotopic (exact) mass is 947 g/mol. The smallest absolute Gasteiger partial charge is 0.306 e. The molecule has 0 spiro atoms. The summed E-state index contributed by atoms with van der Waals surface area (Å²) in [5.41, 5.74) is 0. The summed E-state index contributed by atoms with van der Waals surface area (Å²) in [7, 11) is 0. The van der Waals surface area contributed by atoms with Crippen molar-refractivity contribution in [3.05, 3.63) is 85.1 Å². The Bertz CT molecular complexity index is 1320. The van der Waals surface area contributed by atoms with Gasteiger partial charge in [-0.3, -0.25) is 14.4 Å². The molecular formula is C62H106O6. The second kappa shape index (κ2) is 56.2. The average Bonchev–Trinajstić information content (AvgIpc) is 3.34. The predicted octanol–water partition coefficient (Wildman–Crippen LogP) is 19.2. The Labute approximate surface area is 420 Å². The molecular weight excluding hydrogens is 841 g/mol. The number of unbranched alkanes of at least 4 members (excludes halogenated alkanes) is 29. The lowest BCUT2D eigenvalue weighted by Crippen LogP contribution is -2.30. The van der Waals surface area contributed by atoms with Crippen molar-refractivity contribution in [1.82, 2.24) is 0 Å². The Morgan fingerprint density at radius 3 is 1.01 bits per heavy atom. The van der Waals surface area contributed by atoms with Gasteiger partial charge in [-0.2, -0.15) is 0 Å². The molecule has 0 saturated heterocycles. The molecule has 68 heavy (non-hydrogen) atoms. The molecule has 0 amide bonds. The fourth-order valence-electron chi connectivity index (χ4n) is 7.88. The molecule has 6 nitrogen and oxygen atoms in total. The summed E-state index contributed by atoms with van der Waals surface area (Å²) in [6.45, 7) is 6.49. The Morgan fingerprint density at radius 2 is 0.632 bits per heavy atom. The highest BCUT2D eigenvalue weighted by Gasteiger charge is 2.19. The first-order valence-corrected chi connectivity index (χ1v) is 28.6. The minimum atomic E-state index is -0.798. The molecule has 0 heterocycles. The zero-order chi connectivity index (χ0) is 49.3. The van der Waals surface area contributed by atoms with Crippen LogP contribution in [0.2, 0.25) is 0 Å². The van der Waals surface area contributed by atoms with Crippen LogP contribution in [0.5, 0.6) is 0 Å². The van der Waals surface area contributed by atoms with Gasteiger partial charge in [0.2, 0.25) is 0 Å². The van der Waals surface area contributed by atoms with Crippen molar-refractivity contribution in [2.45, 2.75) is 277 Å². The quantitative estimate of drug-likeness (QED) is 0.0199. The fraction of sp³-hybridized carbons (Fsp3) is 0.726. The van der Waals surface area contributed by atoms with E-state index in [0.29, 0.717) is 19.3 Å². The molecule has 0 bridgehead atoms. The van der Waals surface area contributed by atoms with E-state index in [9.17, 15) is 14.4 Å². The number of ether oxygens (including phenoxy) is 3. The molecule has 390 valence electrons. The van der Waals surface area contributed by atoms with Crippen molar-refractivity contribution in [2.75, 3.05) is 13.2 Å². The van der Waals surface area contributed by atoms with Crippen LogP contribution in [-0.2, 0) is 28.6 Å². The van der Waals surface area contributed by atoms with E-state index in [1.54, 1.807) is 0 Å². The molecule has 0 N–H and O–H groups in total. The summed E-state index contributed by atoms with van der Waals surface area (Å²) in [5, 5.41) is 0. The molecule has 0 rings (SSSR count). The van der Waals surface area contributed by atoms with Gasteiger partial charge in [0.1, 0.15) is 13.2 Å². The lowest BCUT2D eigenvalue weighted by atomic mass is 10.1. The summed E-state index contributed by atoms with van der Waals surface area (Å²) in [6.07, 6.45) is 72.8. The minimum Gasteiger partial charge on any atom is -0.462 e. The second-order valence-corrected chi connectivity index (χ2v) is 18.9. The fourth-order valence-corrected chi connectivity index (χ4v) is 7.88. The van der Waals surface area contributed by atoms with E-state index in [4.69, 9.17) is 14.2 Å². The van der Waals surface area contributed by atoms with Crippen LogP contribution in [0.15, 0.2) is 85.1 Å². The molecule has 0 aliphatic heterocycles. The van der Waals surface area contributed by atoms with Gasteiger partial charge in [0.15, 0.2) is 6.10 Å². The summed E-state index contributed by atoms with van der Waals surface area (Å²) in [4.78, 5) is 38.1. The SMILES string of the molecule is CC/C=C\C/C=C\CCCCCCCCCC(=O)OCC(COC(=O)CCCCCCC\C=C/C=C\C=C/CCCCCCC)OC(=O)CCCCCCC/C=C\C=C/CCCCCCCCC. The molecule has 0 aliphatic carbocycles. The Balaban J connectivity index is 4.46. The normalized spacial score (nSPS) is 12.7. The van der Waals surface area contributed by atoms with Crippen LogP contribution in [-0.4, -0.2) is 37.2 Å². The number of carbonyl (C=O) groups is 3. The van der Waals surface area contributed by atoms with Crippen molar-refractivity contribution in [3.63, 3.8) is 0 Å². The first-order chi connectivity index (χ1) is 33.5. The molecule has 0 aliphatic rings. The van der Waals surface area contributed by atoms with Crippen LogP contribution >= 0.6 is 0 Å². The van der Waals surface area contributed by atoms with Crippen molar-refractivity contribution in [1.29, 1.82) is 0 Å². The van der Waals surface area contributed by atoms with Gasteiger partial charge >= 0.3 is 17.9 Å². The van der Waals surface area contributed by atoms with Gasteiger partial charge in [0, 0.05) is 19.3 Å². The highest BCUT2D eigenvalue weighted by atomic mass is 16.6. The van der Waals surface area contributed by atoms with Gasteiger partial charge in [-0.05, 0) is 96.3 Å². The Hall–Kier alpha value is -3.41. The summed E-state index contributed by atoms with van der Waals surface area (Å²) in [5.74, 6) is -0.932. The molecule has 0 aromatic carbocycles. The zero-order valence-electron chi connectivity index (χ0n) is 44.6. The number of esters is 3. The number of allylic oxidation sites excluding steroid dienone is 14. The third kappa shape index (κ3) is 53.5. The van der Waals surface area contributed by atoms with Gasteiger partial charge < -0.3 is 14.2 Å². The van der Waals surface area contributed by atoms with Crippen LogP contribution in [0.25, 0.3) is 0 Å². The Morgan fingerprint density at radius 1 is 0.324 bits per heavy atom. The standard InChI is InChI=1S/C62H106O6/c1-4-7-10-13-16-19-22-25-28-30-32-34-37-40-43-46-49-52-55-61(64)67-58-59(57-66-60(63)54-51-48-45-42-39-36-27-24-21-18-15-12-9-6-3)68-62(65)56-53-50-47-44-41-38-35-33-31-29-26-23-20-17-14-11-8-5-2/h9,12,18,21-22,25,28-35,59H,4-8,10-11,13-17,19-20,23-24,26-27,36-58H2,1-3H3/b12-9-,21-18-,25-22-,30-28-,31-29-,34-32-,35-33-. The molecule has 0 fully saturated rings. The topological polar surface area (TPSA) is 78.9 Å². The highest BCUT2D eigenvalue weighted by molar-refractivity contribution is 5.71.